The second-order valence-electron chi connectivity index (χ2n) is 3.16. The fourth-order valence-corrected chi connectivity index (χ4v) is 1.49. The lowest BCUT2D eigenvalue weighted by Crippen LogP contribution is -2.04. The van der Waals surface area contributed by atoms with E-state index in [0.29, 0.717) is 5.75 Å². The van der Waals surface area contributed by atoms with Gasteiger partial charge in [-0.25, -0.2) is 0 Å². The highest BCUT2D eigenvalue weighted by molar-refractivity contribution is 8.15. The van der Waals surface area contributed by atoms with E-state index in [1.807, 2.05) is 24.3 Å². The van der Waals surface area contributed by atoms with Gasteiger partial charge in [0.15, 0.2) is 0 Å². The van der Waals surface area contributed by atoms with Gasteiger partial charge in [0.1, 0.15) is 5.75 Å². The number of methoxy groups -OCH3 is 1. The summed E-state index contributed by atoms with van der Waals surface area (Å²) in [6.07, 6.45) is 0. The molecule has 1 aromatic carbocycles. The third-order valence-electron chi connectivity index (χ3n) is 1.89. The molecular weight excluding hydrogens is 236 g/mol. The van der Waals surface area contributed by atoms with E-state index in [4.69, 9.17) is 4.74 Å². The van der Waals surface area contributed by atoms with Gasteiger partial charge in [0, 0.05) is 12.5 Å². The summed E-state index contributed by atoms with van der Waals surface area (Å²) < 4.78 is 5.02. The molecule has 0 atom stereocenters. The van der Waals surface area contributed by atoms with Crippen LogP contribution in [0.5, 0.6) is 5.75 Å². The molecule has 0 heterocycles. The summed E-state index contributed by atoms with van der Waals surface area (Å²) in [6.45, 7) is 1.26. The Labute approximate surface area is 105 Å². The van der Waals surface area contributed by atoms with Crippen molar-refractivity contribution in [1.82, 2.24) is 0 Å². The predicted molar refractivity (Wildman–Crippen MR) is 68.0 cm³/mol. The van der Waals surface area contributed by atoms with Crippen molar-refractivity contribution < 1.29 is 14.3 Å². The average molecular weight is 248 g/mol. The minimum Gasteiger partial charge on any atom is -0.497 e. The topological polar surface area (TPSA) is 43.4 Å². The number of hydrogen-bond donors (Lipinski definition) is 0. The van der Waals surface area contributed by atoms with Crippen molar-refractivity contribution in [1.29, 1.82) is 0 Å². The number of Topliss-reactive ketones (excluding diaryl/α,β-unsaturated/α-hetero) is 1. The molecule has 0 radical (unpaired) electrons. The molecule has 0 saturated carbocycles. The van der Waals surface area contributed by atoms with E-state index < -0.39 is 10.9 Å². The van der Waals surface area contributed by atoms with Crippen LogP contribution in [-0.4, -0.2) is 23.8 Å². The van der Waals surface area contributed by atoms with Crippen molar-refractivity contribution in [2.75, 3.05) is 12.9 Å². The zero-order valence-electron chi connectivity index (χ0n) is 9.65. The van der Waals surface area contributed by atoms with Gasteiger partial charge in [0.05, 0.1) is 12.9 Å². The van der Waals surface area contributed by atoms with Gasteiger partial charge in [-0.3, -0.25) is 9.59 Å². The highest BCUT2D eigenvalue weighted by Crippen LogP contribution is 2.10. The Morgan fingerprint density at radius 1 is 1.29 bits per heavy atom. The van der Waals surface area contributed by atoms with Gasteiger partial charge in [0.25, 0.3) is 5.12 Å². The second kappa shape index (κ2) is 6.77. The quantitative estimate of drug-likeness (QED) is 0.605. The molecule has 0 N–H and O–H groups in total. The van der Waals surface area contributed by atoms with E-state index in [1.54, 1.807) is 7.11 Å². The maximum absolute atomic E-state index is 11.0. The van der Waals surface area contributed by atoms with Crippen molar-refractivity contribution >= 4 is 22.7 Å². The number of ether oxygens (including phenoxy) is 1. The van der Waals surface area contributed by atoms with Crippen LogP contribution in [0.4, 0.5) is 0 Å². The normalized spacial score (nSPS) is 9.06. The van der Waals surface area contributed by atoms with Crippen LogP contribution in [0.25, 0.3) is 0 Å². The Morgan fingerprint density at radius 3 is 2.47 bits per heavy atom. The summed E-state index contributed by atoms with van der Waals surface area (Å²) >= 11 is 0.925. The largest absolute Gasteiger partial charge is 0.497 e. The van der Waals surface area contributed by atoms with E-state index in [2.05, 4.69) is 11.8 Å². The highest BCUT2D eigenvalue weighted by atomic mass is 32.2. The van der Waals surface area contributed by atoms with Crippen LogP contribution in [0.15, 0.2) is 24.3 Å². The summed E-state index contributed by atoms with van der Waals surface area (Å²) in [5.41, 5.74) is 0.849. The molecule has 0 saturated heterocycles. The minimum atomic E-state index is -0.450. The lowest BCUT2D eigenvalue weighted by Gasteiger charge is -1.97. The van der Waals surface area contributed by atoms with Gasteiger partial charge >= 0.3 is 0 Å². The van der Waals surface area contributed by atoms with Crippen molar-refractivity contribution in [3.63, 3.8) is 0 Å². The van der Waals surface area contributed by atoms with Gasteiger partial charge in [-0.2, -0.15) is 0 Å². The predicted octanol–water partition coefficient (Wildman–Crippen LogP) is 1.90. The Morgan fingerprint density at radius 2 is 1.94 bits per heavy atom. The molecule has 0 fully saturated rings. The molecule has 0 aliphatic carbocycles. The van der Waals surface area contributed by atoms with E-state index in [1.165, 1.54) is 6.92 Å². The van der Waals surface area contributed by atoms with Gasteiger partial charge in [-0.1, -0.05) is 23.6 Å². The molecule has 0 aromatic heterocycles. The fraction of sp³-hybridized carbons (Fsp3) is 0.231. The monoisotopic (exact) mass is 248 g/mol. The molecule has 0 unspecified atom stereocenters. The molecule has 0 bridgehead atoms. The molecule has 3 nitrogen and oxygen atoms in total. The number of benzene rings is 1. The van der Waals surface area contributed by atoms with Crippen LogP contribution in [0.1, 0.15) is 12.5 Å². The summed E-state index contributed by atoms with van der Waals surface area (Å²) in [7, 11) is 1.60. The summed E-state index contributed by atoms with van der Waals surface area (Å²) in [6, 6.07) is 7.31. The lowest BCUT2D eigenvalue weighted by molar-refractivity contribution is -0.130. The van der Waals surface area contributed by atoms with Crippen molar-refractivity contribution in [2.24, 2.45) is 0 Å². The van der Waals surface area contributed by atoms with Crippen LogP contribution in [0.3, 0.4) is 0 Å². The zero-order valence-corrected chi connectivity index (χ0v) is 10.5. The van der Waals surface area contributed by atoms with E-state index in [0.717, 1.165) is 23.1 Å². The van der Waals surface area contributed by atoms with E-state index in [9.17, 15) is 9.59 Å². The maximum Gasteiger partial charge on any atom is 0.255 e. The highest BCUT2D eigenvalue weighted by Gasteiger charge is 2.05. The van der Waals surface area contributed by atoms with Crippen LogP contribution >= 0.6 is 11.8 Å². The van der Waals surface area contributed by atoms with Crippen LogP contribution in [0.2, 0.25) is 0 Å². The number of rotatable bonds is 3. The first-order valence-corrected chi connectivity index (χ1v) is 5.92. The third kappa shape index (κ3) is 4.75. The first-order chi connectivity index (χ1) is 8.13. The minimum absolute atomic E-state index is 0.324. The number of carbonyl (C=O) groups is 2. The van der Waals surface area contributed by atoms with Gasteiger partial charge in [0.2, 0.25) is 5.78 Å². The molecule has 17 heavy (non-hydrogen) atoms. The van der Waals surface area contributed by atoms with Crippen LogP contribution in [-0.2, 0) is 9.59 Å². The first-order valence-electron chi connectivity index (χ1n) is 4.94. The van der Waals surface area contributed by atoms with Crippen LogP contribution < -0.4 is 4.74 Å². The van der Waals surface area contributed by atoms with Crippen molar-refractivity contribution in [2.45, 2.75) is 6.92 Å². The second-order valence-corrected chi connectivity index (χ2v) is 4.11. The number of carbonyl (C=O) groups excluding carboxylic acids is 2. The molecule has 88 valence electrons. The Bertz CT molecular complexity index is 466. The molecule has 0 amide bonds. The Hall–Kier alpha value is -1.73. The first kappa shape index (κ1) is 13.3. The van der Waals surface area contributed by atoms with Crippen molar-refractivity contribution in [3.8, 4) is 17.6 Å². The smallest absolute Gasteiger partial charge is 0.255 e. The van der Waals surface area contributed by atoms with E-state index >= 15 is 0 Å². The molecule has 0 spiro atoms. The van der Waals surface area contributed by atoms with Crippen molar-refractivity contribution in [3.05, 3.63) is 29.8 Å². The SMILES string of the molecule is COc1ccc(C#CCSC(=O)C(C)=O)cc1. The Kier molecular flexibility index (Phi) is 5.31. The van der Waals surface area contributed by atoms with Gasteiger partial charge < -0.3 is 4.74 Å². The summed E-state index contributed by atoms with van der Waals surface area (Å²) in [5.74, 6) is 6.38. The molecular formula is C13H12O3S. The zero-order chi connectivity index (χ0) is 12.7. The standard InChI is InChI=1S/C13H12O3S/c1-10(14)13(15)17-9-3-4-11-5-7-12(16-2)8-6-11/h5-8H,9H2,1-2H3. The average Bonchev–Trinajstić information content (AvgIpc) is 2.35. The summed E-state index contributed by atoms with van der Waals surface area (Å²) in [5, 5.41) is -0.450. The van der Waals surface area contributed by atoms with Gasteiger partial charge in [-0.15, -0.1) is 0 Å². The molecule has 1 aromatic rings. The van der Waals surface area contributed by atoms with Crippen LogP contribution in [0, 0.1) is 11.8 Å². The molecule has 0 aliphatic rings. The molecule has 4 heteroatoms. The van der Waals surface area contributed by atoms with Gasteiger partial charge in [-0.05, 0) is 24.3 Å². The Balaban J connectivity index is 2.48. The fourth-order valence-electron chi connectivity index (χ4n) is 1.02. The molecule has 1 rings (SSSR count). The summed E-state index contributed by atoms with van der Waals surface area (Å²) in [4.78, 5) is 21.6. The third-order valence-corrected chi connectivity index (χ3v) is 2.72. The number of hydrogen-bond acceptors (Lipinski definition) is 4. The number of thioether (sulfide) groups is 1. The number of ketones is 1. The maximum atomic E-state index is 11.0. The van der Waals surface area contributed by atoms with E-state index in [-0.39, 0.29) is 0 Å². The lowest BCUT2D eigenvalue weighted by atomic mass is 10.2. The molecule has 0 aliphatic heterocycles.